The Morgan fingerprint density at radius 3 is 2.44 bits per heavy atom. The van der Waals surface area contributed by atoms with Gasteiger partial charge in [-0.2, -0.15) is 0 Å². The van der Waals surface area contributed by atoms with Crippen molar-refractivity contribution in [3.63, 3.8) is 0 Å². The predicted molar refractivity (Wildman–Crippen MR) is 101 cm³/mol. The second-order valence-corrected chi connectivity index (χ2v) is 6.36. The van der Waals surface area contributed by atoms with Crippen LogP contribution in [-0.4, -0.2) is 52.5 Å². The Hall–Kier alpha value is -3.03. The van der Waals surface area contributed by atoms with E-state index in [9.17, 15) is 15.0 Å². The van der Waals surface area contributed by atoms with Gasteiger partial charge in [-0.3, -0.25) is 0 Å². The van der Waals surface area contributed by atoms with Gasteiger partial charge in [-0.05, 0) is 23.8 Å². The molecule has 2 heterocycles. The normalized spacial score (nSPS) is 14.5. The zero-order chi connectivity index (χ0) is 18.8. The molecule has 0 amide bonds. The lowest BCUT2D eigenvalue weighted by Crippen LogP contribution is -2.37. The van der Waals surface area contributed by atoms with Crippen LogP contribution in [0, 0.1) is 0 Å². The third-order valence-electron chi connectivity index (χ3n) is 4.61. The van der Waals surface area contributed by atoms with Crippen molar-refractivity contribution in [2.45, 2.75) is 6.61 Å². The Kier molecular flexibility index (Phi) is 4.70. The molecular formula is C20H19N3O4. The number of hydrogen-bond donors (Lipinski definition) is 2. The molecule has 0 spiro atoms. The molecule has 2 N–H and O–H groups in total. The molecule has 1 aliphatic heterocycles. The second-order valence-electron chi connectivity index (χ2n) is 6.36. The molecule has 1 aromatic heterocycles. The lowest BCUT2D eigenvalue weighted by atomic mass is 10.1. The van der Waals surface area contributed by atoms with Crippen LogP contribution in [-0.2, 0) is 11.3 Å². The fraction of sp³-hybridized carbons (Fsp3) is 0.250. The van der Waals surface area contributed by atoms with Gasteiger partial charge in [-0.25, -0.2) is 14.8 Å². The summed E-state index contributed by atoms with van der Waals surface area (Å²) in [5.74, 6) is -0.277. The van der Waals surface area contributed by atoms with Crippen LogP contribution in [0.2, 0.25) is 0 Å². The molecule has 0 unspecified atom stereocenters. The summed E-state index contributed by atoms with van der Waals surface area (Å²) in [4.78, 5) is 22.9. The van der Waals surface area contributed by atoms with Gasteiger partial charge < -0.3 is 19.8 Å². The van der Waals surface area contributed by atoms with Crippen molar-refractivity contribution < 1.29 is 19.7 Å². The second kappa shape index (κ2) is 7.30. The molecule has 7 heteroatoms. The first-order valence-corrected chi connectivity index (χ1v) is 8.73. The summed E-state index contributed by atoms with van der Waals surface area (Å²) in [6.07, 6.45) is 0. The number of carboxylic acid groups (broad SMARTS) is 1. The van der Waals surface area contributed by atoms with Crippen LogP contribution in [0.15, 0.2) is 42.5 Å². The third kappa shape index (κ3) is 3.47. The molecule has 7 nitrogen and oxygen atoms in total. The molecule has 1 saturated heterocycles. The van der Waals surface area contributed by atoms with Crippen molar-refractivity contribution in [3.8, 4) is 11.3 Å². The number of aliphatic hydroxyl groups is 1. The smallest absolute Gasteiger partial charge is 0.335 e. The molecule has 1 aliphatic rings. The summed E-state index contributed by atoms with van der Waals surface area (Å²) >= 11 is 0. The number of morpholine rings is 1. The molecule has 1 fully saturated rings. The summed E-state index contributed by atoms with van der Waals surface area (Å²) in [5, 5.41) is 18.5. The molecule has 3 aromatic rings. The van der Waals surface area contributed by atoms with Crippen LogP contribution in [0.3, 0.4) is 0 Å². The Morgan fingerprint density at radius 1 is 1.04 bits per heavy atom. The SMILES string of the molecule is O=C(O)c1ccc2nc(-c3ccc(CO)cc3)c(N3CCOCC3)nc2c1. The van der Waals surface area contributed by atoms with Crippen molar-refractivity contribution in [1.29, 1.82) is 0 Å². The number of fused-ring (bicyclic) bond motifs is 1. The monoisotopic (exact) mass is 365 g/mol. The number of aliphatic hydroxyl groups excluding tert-OH is 1. The van der Waals surface area contributed by atoms with Crippen molar-refractivity contribution >= 4 is 22.8 Å². The van der Waals surface area contributed by atoms with Crippen LogP contribution in [0.1, 0.15) is 15.9 Å². The summed E-state index contributed by atoms with van der Waals surface area (Å²) < 4.78 is 5.44. The van der Waals surface area contributed by atoms with Crippen LogP contribution < -0.4 is 4.90 Å². The first-order valence-electron chi connectivity index (χ1n) is 8.73. The van der Waals surface area contributed by atoms with Gasteiger partial charge in [0, 0.05) is 18.7 Å². The first kappa shape index (κ1) is 17.4. The Balaban J connectivity index is 1.88. The Morgan fingerprint density at radius 2 is 1.78 bits per heavy atom. The highest BCUT2D eigenvalue weighted by Crippen LogP contribution is 2.30. The van der Waals surface area contributed by atoms with E-state index in [-0.39, 0.29) is 12.2 Å². The zero-order valence-electron chi connectivity index (χ0n) is 14.6. The molecule has 2 aromatic carbocycles. The average molecular weight is 365 g/mol. The maximum atomic E-state index is 11.3. The van der Waals surface area contributed by atoms with Gasteiger partial charge in [-0.1, -0.05) is 24.3 Å². The van der Waals surface area contributed by atoms with E-state index in [1.807, 2.05) is 24.3 Å². The number of rotatable bonds is 4. The number of aromatic carboxylic acids is 1. The number of nitrogens with zero attached hydrogens (tertiary/aromatic N) is 3. The van der Waals surface area contributed by atoms with Gasteiger partial charge in [-0.15, -0.1) is 0 Å². The molecule has 0 radical (unpaired) electrons. The zero-order valence-corrected chi connectivity index (χ0v) is 14.6. The maximum Gasteiger partial charge on any atom is 0.335 e. The summed E-state index contributed by atoms with van der Waals surface area (Å²) in [6, 6.07) is 12.3. The molecule has 0 atom stereocenters. The number of anilines is 1. The van der Waals surface area contributed by atoms with Crippen molar-refractivity contribution in [2.75, 3.05) is 31.2 Å². The molecular weight excluding hydrogens is 346 g/mol. The van der Waals surface area contributed by atoms with E-state index in [1.165, 1.54) is 6.07 Å². The van der Waals surface area contributed by atoms with E-state index < -0.39 is 5.97 Å². The van der Waals surface area contributed by atoms with Gasteiger partial charge in [0.2, 0.25) is 0 Å². The van der Waals surface area contributed by atoms with Crippen LogP contribution in [0.4, 0.5) is 5.82 Å². The molecule has 0 bridgehead atoms. The fourth-order valence-corrected chi connectivity index (χ4v) is 3.14. The lowest BCUT2D eigenvalue weighted by Gasteiger charge is -2.29. The van der Waals surface area contributed by atoms with E-state index in [0.717, 1.165) is 16.8 Å². The van der Waals surface area contributed by atoms with Gasteiger partial charge >= 0.3 is 5.97 Å². The number of benzene rings is 2. The fourth-order valence-electron chi connectivity index (χ4n) is 3.14. The largest absolute Gasteiger partial charge is 0.478 e. The van der Waals surface area contributed by atoms with E-state index in [2.05, 4.69) is 4.90 Å². The third-order valence-corrected chi connectivity index (χ3v) is 4.61. The number of carbonyl (C=O) groups is 1. The maximum absolute atomic E-state index is 11.3. The topological polar surface area (TPSA) is 95.8 Å². The quantitative estimate of drug-likeness (QED) is 0.732. The van der Waals surface area contributed by atoms with Gasteiger partial charge in [0.1, 0.15) is 5.69 Å². The number of aromatic nitrogens is 2. The van der Waals surface area contributed by atoms with E-state index >= 15 is 0 Å². The molecule has 4 rings (SSSR count). The van der Waals surface area contributed by atoms with Gasteiger partial charge in [0.15, 0.2) is 5.82 Å². The Labute approximate surface area is 155 Å². The van der Waals surface area contributed by atoms with Crippen molar-refractivity contribution in [3.05, 3.63) is 53.6 Å². The van der Waals surface area contributed by atoms with E-state index in [0.29, 0.717) is 43.2 Å². The Bertz CT molecular complexity index is 982. The minimum atomic E-state index is -0.990. The molecule has 138 valence electrons. The van der Waals surface area contributed by atoms with E-state index in [1.54, 1.807) is 12.1 Å². The van der Waals surface area contributed by atoms with E-state index in [4.69, 9.17) is 14.7 Å². The molecule has 27 heavy (non-hydrogen) atoms. The summed E-state index contributed by atoms with van der Waals surface area (Å²) in [7, 11) is 0. The predicted octanol–water partition coefficient (Wildman–Crippen LogP) is 2.32. The number of hydrogen-bond acceptors (Lipinski definition) is 6. The van der Waals surface area contributed by atoms with Gasteiger partial charge in [0.25, 0.3) is 0 Å². The number of carboxylic acids is 1. The standard InChI is InChI=1S/C20H19N3O4/c24-12-13-1-3-14(4-2-13)18-19(23-7-9-27-10-8-23)22-17-11-15(20(25)26)5-6-16(17)21-18/h1-6,11,24H,7-10,12H2,(H,25,26). The minimum absolute atomic E-state index is 0.0159. The number of ether oxygens (including phenoxy) is 1. The average Bonchev–Trinajstić information content (AvgIpc) is 2.73. The van der Waals surface area contributed by atoms with Gasteiger partial charge in [0.05, 0.1) is 36.4 Å². The summed E-state index contributed by atoms with van der Waals surface area (Å²) in [6.45, 7) is 2.59. The molecule has 0 saturated carbocycles. The highest BCUT2D eigenvalue weighted by atomic mass is 16.5. The van der Waals surface area contributed by atoms with Crippen LogP contribution >= 0.6 is 0 Å². The van der Waals surface area contributed by atoms with Crippen LogP contribution in [0.5, 0.6) is 0 Å². The highest BCUT2D eigenvalue weighted by Gasteiger charge is 2.20. The van der Waals surface area contributed by atoms with Crippen molar-refractivity contribution in [1.82, 2.24) is 9.97 Å². The highest BCUT2D eigenvalue weighted by molar-refractivity contribution is 5.93. The summed E-state index contributed by atoms with van der Waals surface area (Å²) in [5.41, 5.74) is 3.82. The van der Waals surface area contributed by atoms with Crippen molar-refractivity contribution in [2.24, 2.45) is 0 Å². The molecule has 0 aliphatic carbocycles. The van der Waals surface area contributed by atoms with Crippen LogP contribution in [0.25, 0.3) is 22.3 Å². The lowest BCUT2D eigenvalue weighted by molar-refractivity contribution is 0.0697. The minimum Gasteiger partial charge on any atom is -0.478 e. The first-order chi connectivity index (χ1) is 13.2.